The van der Waals surface area contributed by atoms with Crippen molar-refractivity contribution >= 4 is 21.9 Å². The van der Waals surface area contributed by atoms with E-state index in [1.54, 1.807) is 0 Å². The Labute approximate surface area is 83.3 Å². The first-order valence-corrected chi connectivity index (χ1v) is 5.02. The SMILES string of the molecule is NC(=O)CC(NS(=O)(=O)C(F)F)C(=O)O. The average molecular weight is 246 g/mol. The second kappa shape index (κ2) is 4.98. The third-order valence-electron chi connectivity index (χ3n) is 1.24. The van der Waals surface area contributed by atoms with Crippen LogP contribution in [-0.4, -0.2) is 37.2 Å². The van der Waals surface area contributed by atoms with Gasteiger partial charge < -0.3 is 10.8 Å². The van der Waals surface area contributed by atoms with Crippen LogP contribution in [0.1, 0.15) is 6.42 Å². The molecule has 0 rings (SSSR count). The van der Waals surface area contributed by atoms with Crippen molar-refractivity contribution < 1.29 is 31.9 Å². The largest absolute Gasteiger partial charge is 0.480 e. The predicted molar refractivity (Wildman–Crippen MR) is 43.3 cm³/mol. The Morgan fingerprint density at radius 2 is 1.87 bits per heavy atom. The van der Waals surface area contributed by atoms with E-state index in [1.165, 1.54) is 0 Å². The van der Waals surface area contributed by atoms with Crippen LogP contribution < -0.4 is 10.5 Å². The smallest absolute Gasteiger partial charge is 0.350 e. The molecule has 0 aliphatic carbocycles. The minimum Gasteiger partial charge on any atom is -0.480 e. The molecule has 0 spiro atoms. The van der Waals surface area contributed by atoms with Crippen LogP contribution in [0.2, 0.25) is 0 Å². The highest BCUT2D eigenvalue weighted by atomic mass is 32.2. The number of amides is 1. The molecule has 0 radical (unpaired) electrons. The Hall–Kier alpha value is -1.29. The van der Waals surface area contributed by atoms with Crippen molar-refractivity contribution in [2.24, 2.45) is 5.73 Å². The number of carboxylic acids is 1. The summed E-state index contributed by atoms with van der Waals surface area (Å²) in [5.74, 6) is -6.66. The number of carbonyl (C=O) groups is 2. The molecule has 0 aromatic heterocycles. The van der Waals surface area contributed by atoms with Crippen LogP contribution in [0.5, 0.6) is 0 Å². The number of alkyl halides is 2. The summed E-state index contributed by atoms with van der Waals surface area (Å²) in [5, 5.41) is 8.39. The minimum atomic E-state index is -5.06. The maximum absolute atomic E-state index is 11.8. The van der Waals surface area contributed by atoms with Gasteiger partial charge in [-0.25, -0.2) is 8.42 Å². The highest BCUT2D eigenvalue weighted by Gasteiger charge is 2.31. The molecule has 7 nitrogen and oxygen atoms in total. The van der Waals surface area contributed by atoms with E-state index in [4.69, 9.17) is 5.11 Å². The van der Waals surface area contributed by atoms with Gasteiger partial charge in [0.2, 0.25) is 5.91 Å². The molecule has 0 bridgehead atoms. The van der Waals surface area contributed by atoms with E-state index in [1.807, 2.05) is 0 Å². The zero-order valence-electron chi connectivity index (χ0n) is 7.18. The van der Waals surface area contributed by atoms with Gasteiger partial charge in [0.15, 0.2) is 0 Å². The van der Waals surface area contributed by atoms with Gasteiger partial charge in [-0.1, -0.05) is 0 Å². The van der Waals surface area contributed by atoms with Crippen LogP contribution >= 0.6 is 0 Å². The molecule has 0 heterocycles. The summed E-state index contributed by atoms with van der Waals surface area (Å²) >= 11 is 0. The number of aliphatic carboxylic acids is 1. The molecule has 0 fully saturated rings. The topological polar surface area (TPSA) is 127 Å². The molecule has 0 aliphatic rings. The Morgan fingerprint density at radius 1 is 1.40 bits per heavy atom. The fourth-order valence-corrected chi connectivity index (χ4v) is 1.31. The number of carbonyl (C=O) groups excluding carboxylic acids is 1. The molecule has 15 heavy (non-hydrogen) atoms. The number of halogens is 2. The van der Waals surface area contributed by atoms with Crippen molar-refractivity contribution in [2.45, 2.75) is 18.2 Å². The first-order chi connectivity index (χ1) is 6.66. The summed E-state index contributed by atoms with van der Waals surface area (Å²) in [5.41, 5.74) is 4.60. The van der Waals surface area contributed by atoms with E-state index < -0.39 is 40.1 Å². The first-order valence-electron chi connectivity index (χ1n) is 3.47. The molecular formula is C5H8F2N2O5S. The number of carboxylic acid groups (broad SMARTS) is 1. The van der Waals surface area contributed by atoms with Gasteiger partial charge >= 0.3 is 11.7 Å². The molecule has 1 atom stereocenters. The monoisotopic (exact) mass is 246 g/mol. The molecule has 10 heteroatoms. The van der Waals surface area contributed by atoms with Crippen LogP contribution in [0, 0.1) is 0 Å². The summed E-state index contributed by atoms with van der Waals surface area (Å²) in [7, 11) is -5.06. The van der Waals surface area contributed by atoms with E-state index in [-0.39, 0.29) is 0 Å². The van der Waals surface area contributed by atoms with Crippen LogP contribution in [-0.2, 0) is 19.6 Å². The zero-order chi connectivity index (χ0) is 12.2. The molecule has 0 saturated carbocycles. The summed E-state index contributed by atoms with van der Waals surface area (Å²) < 4.78 is 45.9. The van der Waals surface area contributed by atoms with Crippen LogP contribution in [0.4, 0.5) is 8.78 Å². The van der Waals surface area contributed by atoms with E-state index in [0.717, 1.165) is 4.72 Å². The molecule has 4 N–H and O–H groups in total. The Kier molecular flexibility index (Phi) is 4.55. The lowest BCUT2D eigenvalue weighted by atomic mass is 10.2. The lowest BCUT2D eigenvalue weighted by molar-refractivity contribution is -0.140. The van der Waals surface area contributed by atoms with Crippen molar-refractivity contribution in [3.63, 3.8) is 0 Å². The molecule has 0 aliphatic heterocycles. The van der Waals surface area contributed by atoms with Crippen molar-refractivity contribution in [1.82, 2.24) is 4.72 Å². The predicted octanol–water partition coefficient (Wildman–Crippen LogP) is -1.54. The number of nitrogens with two attached hydrogens (primary N) is 1. The van der Waals surface area contributed by atoms with Gasteiger partial charge in [-0.05, 0) is 0 Å². The summed E-state index contributed by atoms with van der Waals surface area (Å²) in [6.45, 7) is 0. The molecule has 0 aromatic rings. The van der Waals surface area contributed by atoms with Gasteiger partial charge in [-0.15, -0.1) is 0 Å². The maximum Gasteiger partial charge on any atom is 0.350 e. The van der Waals surface area contributed by atoms with Gasteiger partial charge in [0.05, 0.1) is 6.42 Å². The highest BCUT2D eigenvalue weighted by molar-refractivity contribution is 7.89. The van der Waals surface area contributed by atoms with E-state index in [0.29, 0.717) is 0 Å². The van der Waals surface area contributed by atoms with Gasteiger partial charge in [0, 0.05) is 0 Å². The third-order valence-corrected chi connectivity index (χ3v) is 2.33. The number of nitrogens with one attached hydrogen (secondary N) is 1. The van der Waals surface area contributed by atoms with E-state index in [2.05, 4.69) is 5.73 Å². The lowest BCUT2D eigenvalue weighted by Gasteiger charge is -2.12. The lowest BCUT2D eigenvalue weighted by Crippen LogP contribution is -2.45. The molecule has 1 unspecified atom stereocenters. The quantitative estimate of drug-likeness (QED) is 0.523. The summed E-state index contributed by atoms with van der Waals surface area (Å²) in [4.78, 5) is 20.7. The van der Waals surface area contributed by atoms with Crippen molar-refractivity contribution in [3.05, 3.63) is 0 Å². The summed E-state index contributed by atoms with van der Waals surface area (Å²) in [6.07, 6.45) is -0.902. The number of primary amides is 1. The normalized spacial score (nSPS) is 13.8. The second-order valence-corrected chi connectivity index (χ2v) is 4.17. The van der Waals surface area contributed by atoms with E-state index >= 15 is 0 Å². The Morgan fingerprint density at radius 3 is 2.13 bits per heavy atom. The highest BCUT2D eigenvalue weighted by Crippen LogP contribution is 2.04. The van der Waals surface area contributed by atoms with Gasteiger partial charge in [-0.2, -0.15) is 13.5 Å². The Balaban J connectivity index is 4.70. The van der Waals surface area contributed by atoms with E-state index in [9.17, 15) is 26.8 Å². The van der Waals surface area contributed by atoms with Crippen molar-refractivity contribution in [2.75, 3.05) is 0 Å². The number of hydrogen-bond donors (Lipinski definition) is 3. The molecule has 88 valence electrons. The minimum absolute atomic E-state index is 0.902. The zero-order valence-corrected chi connectivity index (χ0v) is 8.00. The van der Waals surface area contributed by atoms with Gasteiger partial charge in [0.1, 0.15) is 6.04 Å². The molecule has 0 saturated heterocycles. The van der Waals surface area contributed by atoms with Crippen LogP contribution in [0.3, 0.4) is 0 Å². The van der Waals surface area contributed by atoms with Gasteiger partial charge in [-0.3, -0.25) is 9.59 Å². The average Bonchev–Trinajstić information content (AvgIpc) is 2.01. The Bertz CT molecular complexity index is 354. The van der Waals surface area contributed by atoms with Crippen molar-refractivity contribution in [3.8, 4) is 0 Å². The number of rotatable bonds is 6. The standard InChI is InChI=1S/C5H8F2N2O5S/c6-5(7)15(13,14)9-2(4(11)12)1-3(8)10/h2,5,9H,1H2,(H2,8,10)(H,11,12). The second-order valence-electron chi connectivity index (χ2n) is 2.48. The molecular weight excluding hydrogens is 238 g/mol. The van der Waals surface area contributed by atoms with Gasteiger partial charge in [0.25, 0.3) is 10.0 Å². The van der Waals surface area contributed by atoms with Crippen molar-refractivity contribution in [1.29, 1.82) is 0 Å². The summed E-state index contributed by atoms with van der Waals surface area (Å²) in [6, 6.07) is -1.98. The van der Waals surface area contributed by atoms with Crippen LogP contribution in [0.25, 0.3) is 0 Å². The third kappa shape index (κ3) is 4.65. The number of sulfonamides is 1. The maximum atomic E-state index is 11.8. The fraction of sp³-hybridized carbons (Fsp3) is 0.600. The van der Waals surface area contributed by atoms with Crippen LogP contribution in [0.15, 0.2) is 0 Å². The molecule has 1 amide bonds. The first kappa shape index (κ1) is 13.7. The fourth-order valence-electron chi connectivity index (χ4n) is 0.630. The number of hydrogen-bond acceptors (Lipinski definition) is 4. The molecule has 0 aromatic carbocycles.